The third-order valence-electron chi connectivity index (χ3n) is 3.05. The van der Waals surface area contributed by atoms with Crippen molar-refractivity contribution >= 4 is 102 Å². The van der Waals surface area contributed by atoms with Gasteiger partial charge >= 0.3 is 0 Å². The lowest BCUT2D eigenvalue weighted by molar-refractivity contribution is 0.0934. The van der Waals surface area contributed by atoms with Crippen LogP contribution < -0.4 is 16.0 Å². The number of carbonyl (C=O) groups excluding carboxylic acids is 1. The highest BCUT2D eigenvalue weighted by Gasteiger charge is 2.34. The van der Waals surface area contributed by atoms with Gasteiger partial charge in [-0.15, -0.1) is 0 Å². The lowest BCUT2D eigenvalue weighted by atomic mass is 10.2. The Hall–Kier alpha value is -0.320. The van der Waals surface area contributed by atoms with Crippen LogP contribution in [0, 0.1) is 3.57 Å². The number of hydrogen-bond acceptors (Lipinski definition) is 2. The number of nitrogens with one attached hydrogen (secondary N) is 3. The molecular formula is C16H12BrCl3IN3OS. The first-order valence-corrected chi connectivity index (χ1v) is 10.5. The molecule has 138 valence electrons. The largest absolute Gasteiger partial charge is 0.339 e. The number of thiocarbonyl (C=S) groups is 1. The van der Waals surface area contributed by atoms with Crippen molar-refractivity contribution in [1.29, 1.82) is 0 Å². The number of alkyl halides is 3. The second-order valence-corrected chi connectivity index (χ2v) is 10.0. The number of carbonyl (C=O) groups is 1. The molecule has 0 radical (unpaired) electrons. The Labute approximate surface area is 193 Å². The molecule has 4 nitrogen and oxygen atoms in total. The molecule has 1 amide bonds. The van der Waals surface area contributed by atoms with Crippen LogP contribution in [-0.2, 0) is 0 Å². The first-order chi connectivity index (χ1) is 12.1. The van der Waals surface area contributed by atoms with E-state index in [-0.39, 0.29) is 5.11 Å². The van der Waals surface area contributed by atoms with Crippen LogP contribution in [0.15, 0.2) is 53.0 Å². The third-order valence-corrected chi connectivity index (χ3v) is 5.09. The summed E-state index contributed by atoms with van der Waals surface area (Å²) in [6.45, 7) is 0. The van der Waals surface area contributed by atoms with Crippen molar-refractivity contribution in [2.45, 2.75) is 9.96 Å². The molecule has 0 fully saturated rings. The van der Waals surface area contributed by atoms with Crippen molar-refractivity contribution in [1.82, 2.24) is 10.6 Å². The molecule has 26 heavy (non-hydrogen) atoms. The lowest BCUT2D eigenvalue weighted by Crippen LogP contribution is -2.56. The summed E-state index contributed by atoms with van der Waals surface area (Å²) in [5, 5.41) is 8.62. The van der Waals surface area contributed by atoms with Gasteiger partial charge in [0.2, 0.25) is 3.79 Å². The summed E-state index contributed by atoms with van der Waals surface area (Å²) >= 11 is 28.7. The van der Waals surface area contributed by atoms with E-state index in [0.29, 0.717) is 5.56 Å². The van der Waals surface area contributed by atoms with E-state index in [0.717, 1.165) is 13.7 Å². The van der Waals surface area contributed by atoms with E-state index in [2.05, 4.69) is 54.5 Å². The van der Waals surface area contributed by atoms with Crippen LogP contribution in [0.1, 0.15) is 10.4 Å². The zero-order valence-corrected chi connectivity index (χ0v) is 19.7. The molecule has 0 saturated carbocycles. The fraction of sp³-hybridized carbons (Fsp3) is 0.125. The molecule has 2 aromatic carbocycles. The van der Waals surface area contributed by atoms with E-state index in [1.165, 1.54) is 0 Å². The minimum Gasteiger partial charge on any atom is -0.339 e. The van der Waals surface area contributed by atoms with E-state index >= 15 is 0 Å². The number of hydrogen-bond donors (Lipinski definition) is 3. The van der Waals surface area contributed by atoms with E-state index in [1.54, 1.807) is 18.2 Å². The maximum absolute atomic E-state index is 12.4. The van der Waals surface area contributed by atoms with Gasteiger partial charge < -0.3 is 16.0 Å². The topological polar surface area (TPSA) is 53.2 Å². The van der Waals surface area contributed by atoms with Crippen molar-refractivity contribution in [2.24, 2.45) is 0 Å². The number of halogens is 5. The molecule has 0 aliphatic heterocycles. The minimum atomic E-state index is -1.82. The molecule has 0 bridgehead atoms. The highest BCUT2D eigenvalue weighted by molar-refractivity contribution is 14.1. The summed E-state index contributed by atoms with van der Waals surface area (Å²) in [7, 11) is 0. The highest BCUT2D eigenvalue weighted by atomic mass is 127. The predicted octanol–water partition coefficient (Wildman–Crippen LogP) is 5.47. The van der Waals surface area contributed by atoms with Crippen LogP contribution in [-0.4, -0.2) is 21.0 Å². The number of benzene rings is 2. The van der Waals surface area contributed by atoms with Crippen LogP contribution in [0.5, 0.6) is 0 Å². The zero-order chi connectivity index (χ0) is 19.3. The molecule has 1 atom stereocenters. The summed E-state index contributed by atoms with van der Waals surface area (Å²) < 4.78 is -0.0173. The molecule has 2 rings (SSSR count). The Morgan fingerprint density at radius 3 is 2.42 bits per heavy atom. The SMILES string of the molecule is O=C(NC(NC(=S)Nc1cccc(Br)c1)C(Cl)(Cl)Cl)c1cccc(I)c1. The summed E-state index contributed by atoms with van der Waals surface area (Å²) in [6, 6.07) is 14.4. The van der Waals surface area contributed by atoms with Crippen LogP contribution in [0.4, 0.5) is 5.69 Å². The van der Waals surface area contributed by atoms with Gasteiger partial charge in [0.25, 0.3) is 5.91 Å². The van der Waals surface area contributed by atoms with Gasteiger partial charge in [-0.25, -0.2) is 0 Å². The van der Waals surface area contributed by atoms with Gasteiger partial charge in [0.1, 0.15) is 6.17 Å². The first kappa shape index (κ1) is 22.0. The minimum absolute atomic E-state index is 0.197. The molecule has 0 aliphatic rings. The Morgan fingerprint density at radius 2 is 1.81 bits per heavy atom. The van der Waals surface area contributed by atoms with Crippen molar-refractivity contribution in [3.63, 3.8) is 0 Å². The molecule has 0 aliphatic carbocycles. The molecule has 10 heteroatoms. The summed E-state index contributed by atoms with van der Waals surface area (Å²) in [5.41, 5.74) is 1.19. The Morgan fingerprint density at radius 1 is 1.12 bits per heavy atom. The van der Waals surface area contributed by atoms with Gasteiger partial charge in [-0.05, 0) is 71.2 Å². The molecule has 0 saturated heterocycles. The van der Waals surface area contributed by atoms with Gasteiger partial charge in [-0.1, -0.05) is 62.9 Å². The Bertz CT molecular complexity index is 819. The lowest BCUT2D eigenvalue weighted by Gasteiger charge is -2.27. The summed E-state index contributed by atoms with van der Waals surface area (Å²) in [5.74, 6) is -0.391. The molecular weight excluding hydrogens is 595 g/mol. The molecule has 0 spiro atoms. The third kappa shape index (κ3) is 7.01. The Kier molecular flexibility index (Phi) is 8.24. The Balaban J connectivity index is 2.07. The smallest absolute Gasteiger partial charge is 0.253 e. The van der Waals surface area contributed by atoms with E-state index in [4.69, 9.17) is 47.0 Å². The van der Waals surface area contributed by atoms with E-state index < -0.39 is 15.9 Å². The first-order valence-electron chi connectivity index (χ1n) is 7.11. The number of anilines is 1. The maximum atomic E-state index is 12.4. The molecule has 1 unspecified atom stereocenters. The van der Waals surface area contributed by atoms with Gasteiger partial charge in [0, 0.05) is 19.3 Å². The van der Waals surface area contributed by atoms with Crippen molar-refractivity contribution in [3.05, 3.63) is 62.1 Å². The standard InChI is InChI=1S/C16H12BrCl3IN3OS/c17-10-4-2-6-12(8-10)22-15(26)24-14(16(18,19)20)23-13(25)9-3-1-5-11(21)7-9/h1-8,14H,(H,23,25)(H2,22,24,26). The predicted molar refractivity (Wildman–Crippen MR) is 124 cm³/mol. The monoisotopic (exact) mass is 605 g/mol. The van der Waals surface area contributed by atoms with Crippen molar-refractivity contribution in [2.75, 3.05) is 5.32 Å². The van der Waals surface area contributed by atoms with E-state index in [1.807, 2.05) is 30.3 Å². The number of rotatable bonds is 4. The molecule has 3 N–H and O–H groups in total. The van der Waals surface area contributed by atoms with Gasteiger partial charge in [0.05, 0.1) is 0 Å². The molecule has 2 aromatic rings. The molecule has 0 aromatic heterocycles. The highest BCUT2D eigenvalue weighted by Crippen LogP contribution is 2.29. The second-order valence-electron chi connectivity index (χ2n) is 5.07. The average molecular weight is 608 g/mol. The average Bonchev–Trinajstić information content (AvgIpc) is 2.53. The van der Waals surface area contributed by atoms with Crippen LogP contribution in [0.3, 0.4) is 0 Å². The van der Waals surface area contributed by atoms with Gasteiger partial charge in [0.15, 0.2) is 5.11 Å². The van der Waals surface area contributed by atoms with Gasteiger partial charge in [-0.2, -0.15) is 0 Å². The number of amides is 1. The zero-order valence-electron chi connectivity index (χ0n) is 12.9. The normalized spacial score (nSPS) is 12.2. The van der Waals surface area contributed by atoms with Crippen LogP contribution >= 0.6 is 85.5 Å². The van der Waals surface area contributed by atoms with Gasteiger partial charge in [-0.3, -0.25) is 4.79 Å². The van der Waals surface area contributed by atoms with Crippen molar-refractivity contribution < 1.29 is 4.79 Å². The van der Waals surface area contributed by atoms with E-state index in [9.17, 15) is 4.79 Å². The fourth-order valence-electron chi connectivity index (χ4n) is 1.91. The summed E-state index contributed by atoms with van der Waals surface area (Å²) in [4.78, 5) is 12.4. The fourth-order valence-corrected chi connectivity index (χ4v) is 3.41. The molecule has 0 heterocycles. The van der Waals surface area contributed by atoms with Crippen LogP contribution in [0.2, 0.25) is 0 Å². The van der Waals surface area contributed by atoms with Crippen LogP contribution in [0.25, 0.3) is 0 Å². The summed E-state index contributed by atoms with van der Waals surface area (Å²) in [6.07, 6.45) is -1.04. The second kappa shape index (κ2) is 9.75. The van der Waals surface area contributed by atoms with Crippen molar-refractivity contribution in [3.8, 4) is 0 Å². The maximum Gasteiger partial charge on any atom is 0.253 e. The quantitative estimate of drug-likeness (QED) is 0.187.